The molecule has 2 N–H and O–H groups in total. The second kappa shape index (κ2) is 5.62. The van der Waals surface area contributed by atoms with E-state index in [2.05, 4.69) is 10.2 Å². The number of carbonyl (C=O) groups excluding carboxylic acids is 1. The highest BCUT2D eigenvalue weighted by atomic mass is 19.1. The van der Waals surface area contributed by atoms with Crippen LogP contribution < -0.4 is 0 Å². The van der Waals surface area contributed by atoms with Gasteiger partial charge in [-0.05, 0) is 30.3 Å². The Morgan fingerprint density at radius 1 is 1.42 bits per heavy atom. The Kier molecular flexibility index (Phi) is 3.91. The van der Waals surface area contributed by atoms with E-state index in [0.29, 0.717) is 11.4 Å². The van der Waals surface area contributed by atoms with Crippen LogP contribution in [-0.2, 0) is 0 Å². The minimum absolute atomic E-state index is 0.0960. The quantitative estimate of drug-likeness (QED) is 0.873. The average molecular weight is 263 g/mol. The minimum Gasteiger partial charge on any atom is -0.395 e. The number of nitrogens with zero attached hydrogens (tertiary/aromatic N) is 2. The van der Waals surface area contributed by atoms with E-state index < -0.39 is 0 Å². The second-order valence-electron chi connectivity index (χ2n) is 4.12. The monoisotopic (exact) mass is 263 g/mol. The number of benzene rings is 1. The van der Waals surface area contributed by atoms with Crippen LogP contribution in [0.4, 0.5) is 4.39 Å². The molecule has 100 valence electrons. The smallest absolute Gasteiger partial charge is 0.271 e. The van der Waals surface area contributed by atoms with Crippen LogP contribution in [0.15, 0.2) is 30.3 Å². The summed E-state index contributed by atoms with van der Waals surface area (Å²) in [4.78, 5) is 13.3. The van der Waals surface area contributed by atoms with Gasteiger partial charge in [0.2, 0.25) is 0 Å². The summed E-state index contributed by atoms with van der Waals surface area (Å²) in [6, 6.07) is 7.46. The van der Waals surface area contributed by atoms with Crippen molar-refractivity contribution in [1.82, 2.24) is 15.1 Å². The molecular weight excluding hydrogens is 249 g/mol. The van der Waals surface area contributed by atoms with E-state index >= 15 is 0 Å². The van der Waals surface area contributed by atoms with E-state index in [4.69, 9.17) is 5.11 Å². The molecule has 0 unspecified atom stereocenters. The lowest BCUT2D eigenvalue weighted by Gasteiger charge is -2.13. The van der Waals surface area contributed by atoms with Gasteiger partial charge in [-0.25, -0.2) is 4.39 Å². The van der Waals surface area contributed by atoms with Gasteiger partial charge in [-0.2, -0.15) is 5.10 Å². The van der Waals surface area contributed by atoms with Crippen molar-refractivity contribution in [2.24, 2.45) is 0 Å². The zero-order chi connectivity index (χ0) is 13.8. The predicted octanol–water partition coefficient (Wildman–Crippen LogP) is 1.28. The van der Waals surface area contributed by atoms with Crippen LogP contribution in [0.1, 0.15) is 10.5 Å². The summed E-state index contributed by atoms with van der Waals surface area (Å²) in [5, 5.41) is 15.5. The molecule has 0 fully saturated rings. The standard InChI is InChI=1S/C13H14FN3O2/c1-17(6-7-18)13(19)12-8-11(15-16-12)9-2-4-10(14)5-3-9/h2-5,8,18H,6-7H2,1H3,(H,15,16). The first kappa shape index (κ1) is 13.2. The van der Waals surface area contributed by atoms with Gasteiger partial charge >= 0.3 is 0 Å². The lowest BCUT2D eigenvalue weighted by Crippen LogP contribution is -2.29. The molecule has 0 aliphatic rings. The van der Waals surface area contributed by atoms with E-state index in [1.807, 2.05) is 0 Å². The molecule has 0 atom stereocenters. The van der Waals surface area contributed by atoms with Gasteiger partial charge in [-0.1, -0.05) is 0 Å². The van der Waals surface area contributed by atoms with Crippen molar-refractivity contribution in [2.75, 3.05) is 20.2 Å². The molecule has 19 heavy (non-hydrogen) atoms. The van der Waals surface area contributed by atoms with Crippen molar-refractivity contribution in [3.8, 4) is 11.3 Å². The third kappa shape index (κ3) is 2.97. The van der Waals surface area contributed by atoms with Crippen molar-refractivity contribution >= 4 is 5.91 Å². The molecular formula is C13H14FN3O2. The van der Waals surface area contributed by atoms with Crippen LogP contribution in [0.3, 0.4) is 0 Å². The number of aromatic nitrogens is 2. The van der Waals surface area contributed by atoms with Crippen molar-refractivity contribution in [1.29, 1.82) is 0 Å². The van der Waals surface area contributed by atoms with Gasteiger partial charge in [0.05, 0.1) is 12.3 Å². The van der Waals surface area contributed by atoms with Gasteiger partial charge < -0.3 is 10.0 Å². The summed E-state index contributed by atoms with van der Waals surface area (Å²) in [5.41, 5.74) is 1.62. The Labute approximate surface area is 109 Å². The lowest BCUT2D eigenvalue weighted by atomic mass is 10.1. The van der Waals surface area contributed by atoms with Crippen molar-refractivity contribution in [3.63, 3.8) is 0 Å². The molecule has 1 amide bonds. The normalized spacial score (nSPS) is 10.5. The van der Waals surface area contributed by atoms with Gasteiger partial charge in [-0.15, -0.1) is 0 Å². The number of aliphatic hydroxyl groups is 1. The number of nitrogens with one attached hydrogen (secondary N) is 1. The molecule has 1 heterocycles. The number of amides is 1. The first-order chi connectivity index (χ1) is 9.11. The summed E-state index contributed by atoms with van der Waals surface area (Å²) in [6.45, 7) is 0.158. The van der Waals surface area contributed by atoms with Gasteiger partial charge in [0.15, 0.2) is 0 Å². The molecule has 0 saturated heterocycles. The molecule has 5 nitrogen and oxygen atoms in total. The van der Waals surface area contributed by atoms with E-state index in [9.17, 15) is 9.18 Å². The average Bonchev–Trinajstić information content (AvgIpc) is 2.88. The zero-order valence-corrected chi connectivity index (χ0v) is 10.4. The van der Waals surface area contributed by atoms with E-state index in [0.717, 1.165) is 5.56 Å². The van der Waals surface area contributed by atoms with Crippen molar-refractivity contribution in [3.05, 3.63) is 41.8 Å². The maximum atomic E-state index is 12.8. The number of aromatic amines is 1. The Bertz CT molecular complexity index is 566. The fraction of sp³-hybridized carbons (Fsp3) is 0.231. The molecule has 2 rings (SSSR count). The molecule has 0 saturated carbocycles. The van der Waals surface area contributed by atoms with Crippen LogP contribution >= 0.6 is 0 Å². The van der Waals surface area contributed by atoms with Gasteiger partial charge in [0.25, 0.3) is 5.91 Å². The maximum Gasteiger partial charge on any atom is 0.271 e. The van der Waals surface area contributed by atoms with Gasteiger partial charge in [0, 0.05) is 19.2 Å². The lowest BCUT2D eigenvalue weighted by molar-refractivity contribution is 0.0761. The van der Waals surface area contributed by atoms with E-state index in [1.165, 1.54) is 17.0 Å². The van der Waals surface area contributed by atoms with Crippen LogP contribution in [-0.4, -0.2) is 46.3 Å². The molecule has 0 aliphatic carbocycles. The summed E-state index contributed by atoms with van der Waals surface area (Å²) in [7, 11) is 1.59. The van der Waals surface area contributed by atoms with E-state index in [-0.39, 0.29) is 24.9 Å². The third-order valence-electron chi connectivity index (χ3n) is 2.73. The number of H-pyrrole nitrogens is 1. The minimum atomic E-state index is -0.321. The number of likely N-dealkylation sites (N-methyl/N-ethyl adjacent to an activating group) is 1. The van der Waals surface area contributed by atoms with Crippen molar-refractivity contribution < 1.29 is 14.3 Å². The Morgan fingerprint density at radius 3 is 2.74 bits per heavy atom. The van der Waals surface area contributed by atoms with Crippen LogP contribution in [0.25, 0.3) is 11.3 Å². The number of aliphatic hydroxyl groups excluding tert-OH is 1. The summed E-state index contributed by atoms with van der Waals surface area (Å²) in [6.07, 6.45) is 0. The fourth-order valence-corrected chi connectivity index (χ4v) is 1.66. The molecule has 0 bridgehead atoms. The molecule has 0 spiro atoms. The van der Waals surface area contributed by atoms with E-state index in [1.54, 1.807) is 25.2 Å². The number of carbonyl (C=O) groups is 1. The molecule has 1 aromatic carbocycles. The van der Waals surface area contributed by atoms with Gasteiger partial charge in [0.1, 0.15) is 11.5 Å². The molecule has 2 aromatic rings. The molecule has 1 aromatic heterocycles. The number of hydrogen-bond acceptors (Lipinski definition) is 3. The Hall–Kier alpha value is -2.21. The SMILES string of the molecule is CN(CCO)C(=O)c1cc(-c2ccc(F)cc2)n[nH]1. The number of hydrogen-bond donors (Lipinski definition) is 2. The first-order valence-electron chi connectivity index (χ1n) is 5.79. The highest BCUT2D eigenvalue weighted by Gasteiger charge is 2.14. The fourth-order valence-electron chi connectivity index (χ4n) is 1.66. The van der Waals surface area contributed by atoms with Crippen molar-refractivity contribution in [2.45, 2.75) is 0 Å². The molecule has 0 radical (unpaired) electrons. The Balaban J connectivity index is 2.19. The van der Waals surface area contributed by atoms with Gasteiger partial charge in [-0.3, -0.25) is 9.89 Å². The summed E-state index contributed by atoms with van der Waals surface area (Å²) >= 11 is 0. The first-order valence-corrected chi connectivity index (χ1v) is 5.79. The highest BCUT2D eigenvalue weighted by Crippen LogP contribution is 2.18. The third-order valence-corrected chi connectivity index (χ3v) is 2.73. The van der Waals surface area contributed by atoms with Crippen LogP contribution in [0.5, 0.6) is 0 Å². The van der Waals surface area contributed by atoms with Crippen LogP contribution in [0, 0.1) is 5.82 Å². The maximum absolute atomic E-state index is 12.8. The highest BCUT2D eigenvalue weighted by molar-refractivity contribution is 5.93. The number of rotatable bonds is 4. The summed E-state index contributed by atoms with van der Waals surface area (Å²) < 4.78 is 12.8. The molecule has 0 aliphatic heterocycles. The largest absolute Gasteiger partial charge is 0.395 e. The summed E-state index contributed by atoms with van der Waals surface area (Å²) in [5.74, 6) is -0.576. The predicted molar refractivity (Wildman–Crippen MR) is 68.0 cm³/mol. The molecule has 6 heteroatoms. The zero-order valence-electron chi connectivity index (χ0n) is 10.4. The van der Waals surface area contributed by atoms with Crippen LogP contribution in [0.2, 0.25) is 0 Å². The number of halogens is 1. The Morgan fingerprint density at radius 2 is 2.11 bits per heavy atom. The second-order valence-corrected chi connectivity index (χ2v) is 4.12. The topological polar surface area (TPSA) is 69.2 Å².